The molecule has 0 unspecified atom stereocenters. The smallest absolute Gasteiger partial charge is 0.290 e. The van der Waals surface area contributed by atoms with Crippen LogP contribution in [0.2, 0.25) is 0 Å². The summed E-state index contributed by atoms with van der Waals surface area (Å²) in [7, 11) is 1.80. The number of aromatic nitrogens is 3. The minimum absolute atomic E-state index is 0.0955. The zero-order valence-electron chi connectivity index (χ0n) is 12.7. The molecule has 0 bridgehead atoms. The Kier molecular flexibility index (Phi) is 3.92. The molecule has 1 atom stereocenters. The number of imidazole rings is 1. The van der Waals surface area contributed by atoms with Crippen LogP contribution >= 0.6 is 0 Å². The second kappa shape index (κ2) is 6.04. The quantitative estimate of drug-likeness (QED) is 0.802. The van der Waals surface area contributed by atoms with Gasteiger partial charge in [0.25, 0.3) is 5.91 Å². The van der Waals surface area contributed by atoms with Gasteiger partial charge in [0.05, 0.1) is 5.69 Å². The van der Waals surface area contributed by atoms with Crippen LogP contribution in [0, 0.1) is 12.7 Å². The first-order valence-corrected chi connectivity index (χ1v) is 7.01. The largest absolute Gasteiger partial charge is 0.351 e. The fourth-order valence-corrected chi connectivity index (χ4v) is 2.31. The number of rotatable bonds is 4. The molecule has 0 spiro atoms. The molecule has 23 heavy (non-hydrogen) atoms. The van der Waals surface area contributed by atoms with E-state index in [4.69, 9.17) is 4.52 Å². The number of halogens is 1. The van der Waals surface area contributed by atoms with Gasteiger partial charge >= 0.3 is 0 Å². The van der Waals surface area contributed by atoms with Gasteiger partial charge in [0.2, 0.25) is 5.76 Å². The van der Waals surface area contributed by atoms with E-state index in [9.17, 15) is 9.18 Å². The number of carbonyl (C=O) groups is 1. The molecule has 7 heteroatoms. The fraction of sp³-hybridized carbons (Fsp3) is 0.188. The molecule has 3 rings (SSSR count). The van der Waals surface area contributed by atoms with E-state index in [0.717, 1.165) is 0 Å². The number of hydrogen-bond acceptors (Lipinski definition) is 4. The first-order chi connectivity index (χ1) is 11.0. The van der Waals surface area contributed by atoms with Crippen molar-refractivity contribution >= 4 is 5.91 Å². The molecule has 118 valence electrons. The van der Waals surface area contributed by atoms with E-state index in [1.165, 1.54) is 18.2 Å². The van der Waals surface area contributed by atoms with Gasteiger partial charge in [-0.05, 0) is 24.6 Å². The number of nitrogens with zero attached hydrogens (tertiary/aromatic N) is 3. The Morgan fingerprint density at radius 3 is 2.83 bits per heavy atom. The summed E-state index contributed by atoms with van der Waals surface area (Å²) in [5.74, 6) is -0.146. The first kappa shape index (κ1) is 15.0. The molecule has 1 amide bonds. The number of hydrogen-bond donors (Lipinski definition) is 1. The Balaban J connectivity index is 1.96. The van der Waals surface area contributed by atoms with Gasteiger partial charge in [-0.15, -0.1) is 0 Å². The molecule has 0 saturated heterocycles. The van der Waals surface area contributed by atoms with E-state index >= 15 is 0 Å². The van der Waals surface area contributed by atoms with Gasteiger partial charge in [-0.3, -0.25) is 4.79 Å². The number of amides is 1. The number of nitrogens with one attached hydrogen (secondary N) is 1. The number of benzene rings is 1. The van der Waals surface area contributed by atoms with Crippen molar-refractivity contribution in [3.8, 4) is 0 Å². The lowest BCUT2D eigenvalue weighted by Crippen LogP contribution is -2.31. The molecule has 2 heterocycles. The molecule has 0 aliphatic rings. The van der Waals surface area contributed by atoms with E-state index < -0.39 is 11.9 Å². The van der Waals surface area contributed by atoms with E-state index in [0.29, 0.717) is 17.1 Å². The maximum Gasteiger partial charge on any atom is 0.290 e. The summed E-state index contributed by atoms with van der Waals surface area (Å²) in [4.78, 5) is 16.6. The molecule has 1 N–H and O–H groups in total. The minimum Gasteiger partial charge on any atom is -0.351 e. The van der Waals surface area contributed by atoms with Crippen molar-refractivity contribution in [1.82, 2.24) is 20.0 Å². The molecule has 0 fully saturated rings. The third-order valence-corrected chi connectivity index (χ3v) is 3.43. The first-order valence-electron chi connectivity index (χ1n) is 7.01. The van der Waals surface area contributed by atoms with Crippen molar-refractivity contribution in [3.63, 3.8) is 0 Å². The van der Waals surface area contributed by atoms with Crippen molar-refractivity contribution in [3.05, 3.63) is 71.4 Å². The average Bonchev–Trinajstić information content (AvgIpc) is 3.13. The highest BCUT2D eigenvalue weighted by Gasteiger charge is 2.23. The third-order valence-electron chi connectivity index (χ3n) is 3.43. The summed E-state index contributed by atoms with van der Waals surface area (Å²) >= 11 is 0. The molecule has 6 nitrogen and oxygen atoms in total. The summed E-state index contributed by atoms with van der Waals surface area (Å²) in [6.07, 6.45) is 3.37. The second-order valence-corrected chi connectivity index (χ2v) is 5.19. The zero-order chi connectivity index (χ0) is 16.4. The lowest BCUT2D eigenvalue weighted by Gasteiger charge is -2.18. The van der Waals surface area contributed by atoms with Gasteiger partial charge < -0.3 is 14.4 Å². The van der Waals surface area contributed by atoms with Crippen LogP contribution in [-0.4, -0.2) is 20.6 Å². The van der Waals surface area contributed by atoms with Crippen molar-refractivity contribution < 1.29 is 13.7 Å². The molecule has 3 aromatic rings. The van der Waals surface area contributed by atoms with Crippen LogP contribution in [-0.2, 0) is 7.05 Å². The summed E-state index contributed by atoms with van der Waals surface area (Å²) in [5.41, 5.74) is 1.19. The lowest BCUT2D eigenvalue weighted by atomic mass is 10.1. The second-order valence-electron chi connectivity index (χ2n) is 5.19. The molecule has 0 saturated carbocycles. The fourth-order valence-electron chi connectivity index (χ4n) is 2.31. The summed E-state index contributed by atoms with van der Waals surface area (Å²) < 4.78 is 20.3. The Labute approximate surface area is 131 Å². The van der Waals surface area contributed by atoms with Gasteiger partial charge in [0.1, 0.15) is 17.7 Å². The molecule has 1 aromatic carbocycles. The van der Waals surface area contributed by atoms with Gasteiger partial charge in [-0.2, -0.15) is 0 Å². The van der Waals surface area contributed by atoms with Gasteiger partial charge in [-0.1, -0.05) is 17.3 Å². The SMILES string of the molecule is Cc1cc(C(=O)N[C@H](c2cccc(F)c2)c2nccn2C)on1. The normalized spacial score (nSPS) is 12.1. The van der Waals surface area contributed by atoms with Gasteiger partial charge in [-0.25, -0.2) is 9.37 Å². The number of aryl methyl sites for hydroxylation is 2. The highest BCUT2D eigenvalue weighted by atomic mass is 19.1. The van der Waals surface area contributed by atoms with E-state index in [2.05, 4.69) is 15.5 Å². The van der Waals surface area contributed by atoms with Crippen LogP contribution in [0.25, 0.3) is 0 Å². The monoisotopic (exact) mass is 314 g/mol. The van der Waals surface area contributed by atoms with E-state index in [1.54, 1.807) is 43.1 Å². The lowest BCUT2D eigenvalue weighted by molar-refractivity contribution is 0.0904. The van der Waals surface area contributed by atoms with Crippen molar-refractivity contribution in [2.75, 3.05) is 0 Å². The Morgan fingerprint density at radius 1 is 1.39 bits per heavy atom. The summed E-state index contributed by atoms with van der Waals surface area (Å²) in [5, 5.41) is 6.51. The predicted octanol–water partition coefficient (Wildman–Crippen LogP) is 2.38. The van der Waals surface area contributed by atoms with Crippen molar-refractivity contribution in [2.45, 2.75) is 13.0 Å². The minimum atomic E-state index is -0.608. The van der Waals surface area contributed by atoms with Crippen LogP contribution in [0.15, 0.2) is 47.2 Å². The topological polar surface area (TPSA) is 73.0 Å². The van der Waals surface area contributed by atoms with Crippen molar-refractivity contribution in [2.24, 2.45) is 7.05 Å². The molecular formula is C16H15FN4O2. The highest BCUT2D eigenvalue weighted by molar-refractivity contribution is 5.91. The van der Waals surface area contributed by atoms with Gasteiger partial charge in [0, 0.05) is 25.5 Å². The molecule has 0 aliphatic carbocycles. The van der Waals surface area contributed by atoms with Crippen LogP contribution < -0.4 is 5.32 Å². The third kappa shape index (κ3) is 3.13. The Hall–Kier alpha value is -2.96. The Bertz CT molecular complexity index is 840. The maximum absolute atomic E-state index is 13.6. The number of carbonyl (C=O) groups excluding carboxylic acids is 1. The van der Waals surface area contributed by atoms with Crippen molar-refractivity contribution in [1.29, 1.82) is 0 Å². The van der Waals surface area contributed by atoms with Crippen LogP contribution in [0.3, 0.4) is 0 Å². The maximum atomic E-state index is 13.6. The highest BCUT2D eigenvalue weighted by Crippen LogP contribution is 2.22. The van der Waals surface area contributed by atoms with Gasteiger partial charge in [0.15, 0.2) is 0 Å². The zero-order valence-corrected chi connectivity index (χ0v) is 12.7. The standard InChI is InChI=1S/C16H15FN4O2/c1-10-8-13(23-20-10)16(22)19-14(15-18-6-7-21(15)2)11-4-3-5-12(17)9-11/h3-9,14H,1-2H3,(H,19,22)/t14-/m1/s1. The van der Waals surface area contributed by atoms with E-state index in [1.807, 2.05) is 0 Å². The predicted molar refractivity (Wildman–Crippen MR) is 80.2 cm³/mol. The molecule has 2 aromatic heterocycles. The summed E-state index contributed by atoms with van der Waals surface area (Å²) in [6, 6.07) is 6.96. The molecule has 0 aliphatic heterocycles. The van der Waals surface area contributed by atoms with Crippen LogP contribution in [0.5, 0.6) is 0 Å². The molecule has 0 radical (unpaired) electrons. The van der Waals surface area contributed by atoms with E-state index in [-0.39, 0.29) is 11.6 Å². The average molecular weight is 314 g/mol. The molecular weight excluding hydrogens is 299 g/mol. The van der Waals surface area contributed by atoms with Crippen LogP contribution in [0.4, 0.5) is 4.39 Å². The summed E-state index contributed by atoms with van der Waals surface area (Å²) in [6.45, 7) is 1.73. The van der Waals surface area contributed by atoms with Crippen LogP contribution in [0.1, 0.15) is 33.7 Å². The Morgan fingerprint density at radius 2 is 2.22 bits per heavy atom.